The largest absolute Gasteiger partial charge is 0.369 e. The van der Waals surface area contributed by atoms with Gasteiger partial charge in [-0.1, -0.05) is 11.6 Å². The van der Waals surface area contributed by atoms with Crippen LogP contribution >= 0.6 is 11.6 Å². The Morgan fingerprint density at radius 3 is 2.61 bits per heavy atom. The van der Waals surface area contributed by atoms with Gasteiger partial charge in [-0.2, -0.15) is 5.10 Å². The summed E-state index contributed by atoms with van der Waals surface area (Å²) in [5, 5.41) is 4.74. The average Bonchev–Trinajstić information content (AvgIpc) is 3.18. The van der Waals surface area contributed by atoms with E-state index in [-0.39, 0.29) is 17.2 Å². The second-order valence-corrected chi connectivity index (χ2v) is 9.77. The summed E-state index contributed by atoms with van der Waals surface area (Å²) >= 11 is 6.09. The third-order valence-corrected chi connectivity index (χ3v) is 7.11. The summed E-state index contributed by atoms with van der Waals surface area (Å²) in [6, 6.07) is 7.48. The minimum atomic E-state index is -0.0181. The van der Waals surface area contributed by atoms with E-state index >= 15 is 0 Å². The molecule has 0 N–H and O–H groups in total. The number of amides is 2. The molecule has 0 atom stereocenters. The van der Waals surface area contributed by atoms with Gasteiger partial charge in [0, 0.05) is 62.0 Å². The van der Waals surface area contributed by atoms with Crippen LogP contribution < -0.4 is 9.80 Å². The average molecular weight is 463 g/mol. The molecule has 0 bridgehead atoms. The molecule has 8 nitrogen and oxygen atoms in total. The van der Waals surface area contributed by atoms with Gasteiger partial charge in [0.1, 0.15) is 0 Å². The number of benzene rings is 1. The van der Waals surface area contributed by atoms with Crippen molar-refractivity contribution in [1.82, 2.24) is 19.7 Å². The lowest BCUT2D eigenvalue weighted by atomic mass is 9.72. The molecule has 0 radical (unpaired) electrons. The number of likely N-dealkylation sites (tertiary alicyclic amines) is 1. The molecule has 2 fully saturated rings. The number of fused-ring (bicyclic) bond motifs is 1. The maximum Gasteiger partial charge on any atom is 0.258 e. The molecule has 1 spiro atoms. The number of aryl methyl sites for hydroxylation is 1. The van der Waals surface area contributed by atoms with Crippen molar-refractivity contribution in [3.8, 4) is 0 Å². The number of aromatic nitrogens is 3. The first-order valence-corrected chi connectivity index (χ1v) is 11.4. The van der Waals surface area contributed by atoms with E-state index in [9.17, 15) is 9.59 Å². The van der Waals surface area contributed by atoms with E-state index in [1.165, 1.54) is 0 Å². The maximum absolute atomic E-state index is 13.1. The van der Waals surface area contributed by atoms with Gasteiger partial charge >= 0.3 is 0 Å². The molecule has 0 saturated carbocycles. The zero-order valence-corrected chi connectivity index (χ0v) is 19.0. The Balaban J connectivity index is 1.12. The monoisotopic (exact) mass is 462 g/mol. The number of hydrogen-bond acceptors (Lipinski definition) is 5. The highest BCUT2D eigenvalue weighted by Gasteiger charge is 2.53. The molecule has 1 aromatic carbocycles. The minimum Gasteiger partial charge on any atom is -0.369 e. The Labute approximate surface area is 196 Å². The van der Waals surface area contributed by atoms with Crippen LogP contribution in [0.3, 0.4) is 0 Å². The number of anilines is 2. The third kappa shape index (κ3) is 3.36. The van der Waals surface area contributed by atoms with Crippen molar-refractivity contribution in [2.75, 3.05) is 42.5 Å². The standard InChI is InChI=1S/C24H23ClN6O2/c1-28-11-17(8-27-28)22(32)30-14-24(15-30)12-29(13-24)19-7-20(10-26-9-19)31-5-4-16-6-18(25)2-3-21(16)23(31)33/h2-3,6-11H,4-5,12-15H2,1H3. The molecule has 0 unspecified atom stereocenters. The second kappa shape index (κ2) is 7.31. The summed E-state index contributed by atoms with van der Waals surface area (Å²) in [5.41, 5.74) is 4.29. The van der Waals surface area contributed by atoms with Gasteiger partial charge in [-0.15, -0.1) is 0 Å². The molecule has 0 aliphatic carbocycles. The van der Waals surface area contributed by atoms with Crippen molar-refractivity contribution >= 4 is 34.8 Å². The number of nitrogens with zero attached hydrogens (tertiary/aromatic N) is 6. The Kier molecular flexibility index (Phi) is 4.48. The molecule has 6 rings (SSSR count). The molecular formula is C24H23ClN6O2. The van der Waals surface area contributed by atoms with Gasteiger partial charge < -0.3 is 14.7 Å². The van der Waals surface area contributed by atoms with Gasteiger partial charge in [0.05, 0.1) is 35.5 Å². The first kappa shape index (κ1) is 20.2. The Morgan fingerprint density at radius 1 is 1.06 bits per heavy atom. The number of hydrogen-bond donors (Lipinski definition) is 0. The number of carbonyl (C=O) groups excluding carboxylic acids is 2. The van der Waals surface area contributed by atoms with Gasteiger partial charge in [-0.05, 0) is 36.2 Å². The number of pyridine rings is 1. The van der Waals surface area contributed by atoms with Crippen molar-refractivity contribution in [2.45, 2.75) is 6.42 Å². The minimum absolute atomic E-state index is 0.0181. The van der Waals surface area contributed by atoms with Crippen molar-refractivity contribution in [3.63, 3.8) is 0 Å². The van der Waals surface area contributed by atoms with Gasteiger partial charge in [-0.25, -0.2) is 0 Å². The molecule has 9 heteroatoms. The Hall–Kier alpha value is -3.39. The third-order valence-electron chi connectivity index (χ3n) is 6.88. The summed E-state index contributed by atoms with van der Waals surface area (Å²) in [4.78, 5) is 36.0. The van der Waals surface area contributed by atoms with Crippen LogP contribution in [0.25, 0.3) is 0 Å². The van der Waals surface area contributed by atoms with E-state index in [1.807, 2.05) is 30.3 Å². The van der Waals surface area contributed by atoms with Crippen molar-refractivity contribution in [2.24, 2.45) is 12.5 Å². The van der Waals surface area contributed by atoms with Crippen LogP contribution in [-0.2, 0) is 13.5 Å². The van der Waals surface area contributed by atoms with Gasteiger partial charge in [0.15, 0.2) is 0 Å². The fraction of sp³-hybridized carbons (Fsp3) is 0.333. The summed E-state index contributed by atoms with van der Waals surface area (Å²) in [5.74, 6) is 0.0245. The maximum atomic E-state index is 13.1. The summed E-state index contributed by atoms with van der Waals surface area (Å²) in [7, 11) is 1.81. The smallest absolute Gasteiger partial charge is 0.258 e. The predicted molar refractivity (Wildman–Crippen MR) is 125 cm³/mol. The van der Waals surface area contributed by atoms with Crippen LogP contribution in [0.15, 0.2) is 49.1 Å². The van der Waals surface area contributed by atoms with Crippen LogP contribution in [0.4, 0.5) is 11.4 Å². The molecule has 33 heavy (non-hydrogen) atoms. The predicted octanol–water partition coefficient (Wildman–Crippen LogP) is 2.63. The molecule has 3 aliphatic heterocycles. The summed E-state index contributed by atoms with van der Waals surface area (Å²) in [6.45, 7) is 3.88. The normalized spacial score (nSPS) is 18.7. The molecule has 2 amide bonds. The fourth-order valence-corrected chi connectivity index (χ4v) is 5.40. The molecule has 168 valence electrons. The van der Waals surface area contributed by atoms with E-state index in [0.29, 0.717) is 22.7 Å². The highest BCUT2D eigenvalue weighted by atomic mass is 35.5. The second-order valence-electron chi connectivity index (χ2n) is 9.33. The molecule has 3 aromatic rings. The van der Waals surface area contributed by atoms with Gasteiger partial charge in [-0.3, -0.25) is 19.3 Å². The lowest BCUT2D eigenvalue weighted by molar-refractivity contribution is -0.0105. The van der Waals surface area contributed by atoms with E-state index in [2.05, 4.69) is 15.0 Å². The van der Waals surface area contributed by atoms with Crippen molar-refractivity contribution < 1.29 is 9.59 Å². The number of rotatable bonds is 3. The van der Waals surface area contributed by atoms with E-state index < -0.39 is 0 Å². The van der Waals surface area contributed by atoms with Crippen LogP contribution in [0.1, 0.15) is 26.3 Å². The van der Waals surface area contributed by atoms with Crippen LogP contribution in [-0.4, -0.2) is 64.2 Å². The zero-order valence-electron chi connectivity index (χ0n) is 18.2. The number of halogens is 1. The van der Waals surface area contributed by atoms with Gasteiger partial charge in [0.2, 0.25) is 0 Å². The molecule has 2 saturated heterocycles. The topological polar surface area (TPSA) is 74.6 Å². The van der Waals surface area contributed by atoms with Gasteiger partial charge in [0.25, 0.3) is 11.8 Å². The van der Waals surface area contributed by atoms with E-state index in [1.54, 1.807) is 40.3 Å². The number of carbonyl (C=O) groups is 2. The highest BCUT2D eigenvalue weighted by molar-refractivity contribution is 6.30. The summed E-state index contributed by atoms with van der Waals surface area (Å²) in [6.07, 6.45) is 7.73. The highest BCUT2D eigenvalue weighted by Crippen LogP contribution is 2.43. The Morgan fingerprint density at radius 2 is 1.85 bits per heavy atom. The van der Waals surface area contributed by atoms with Crippen molar-refractivity contribution in [1.29, 1.82) is 0 Å². The Bertz CT molecular complexity index is 1270. The lowest BCUT2D eigenvalue weighted by Gasteiger charge is -2.60. The van der Waals surface area contributed by atoms with Crippen LogP contribution in [0.2, 0.25) is 5.02 Å². The van der Waals surface area contributed by atoms with Crippen LogP contribution in [0, 0.1) is 5.41 Å². The first-order chi connectivity index (χ1) is 15.9. The van der Waals surface area contributed by atoms with Crippen molar-refractivity contribution in [3.05, 3.63) is 70.8 Å². The SMILES string of the molecule is Cn1cc(C(=O)N2CC3(C2)CN(c2cncc(N4CCc5cc(Cl)ccc5C4=O)c2)C3)cn1. The van der Waals surface area contributed by atoms with Crippen LogP contribution in [0.5, 0.6) is 0 Å². The zero-order chi connectivity index (χ0) is 22.7. The lowest BCUT2D eigenvalue weighted by Crippen LogP contribution is -2.73. The quantitative estimate of drug-likeness (QED) is 0.598. The molecule has 2 aromatic heterocycles. The van der Waals surface area contributed by atoms with E-state index in [4.69, 9.17) is 11.6 Å². The first-order valence-electron chi connectivity index (χ1n) is 11.0. The fourth-order valence-electron chi connectivity index (χ4n) is 5.21. The molecule has 3 aliphatic rings. The van der Waals surface area contributed by atoms with E-state index in [0.717, 1.165) is 49.5 Å². The molecular weight excluding hydrogens is 440 g/mol. The summed E-state index contributed by atoms with van der Waals surface area (Å²) < 4.78 is 1.65. The molecule has 5 heterocycles.